The molecule has 0 amide bonds. The molecule has 0 spiro atoms. The summed E-state index contributed by atoms with van der Waals surface area (Å²) < 4.78 is 2.10. The molecule has 1 N–H and O–H groups in total. The highest BCUT2D eigenvalue weighted by Gasteiger charge is 2.53. The Hall–Kier alpha value is -0.840. The van der Waals surface area contributed by atoms with Gasteiger partial charge in [0.2, 0.25) is 0 Å². The van der Waals surface area contributed by atoms with Gasteiger partial charge in [0.25, 0.3) is 5.56 Å². The molecular formula is C14H20BrN3O. The Morgan fingerprint density at radius 2 is 2.21 bits per heavy atom. The van der Waals surface area contributed by atoms with Crippen LogP contribution in [0.2, 0.25) is 0 Å². The van der Waals surface area contributed by atoms with Gasteiger partial charge in [-0.3, -0.25) is 4.79 Å². The van der Waals surface area contributed by atoms with Crippen molar-refractivity contribution in [2.45, 2.75) is 45.6 Å². The highest BCUT2D eigenvalue weighted by molar-refractivity contribution is 9.10. The van der Waals surface area contributed by atoms with E-state index in [1.165, 1.54) is 30.4 Å². The maximum absolute atomic E-state index is 12.1. The van der Waals surface area contributed by atoms with E-state index >= 15 is 0 Å². The summed E-state index contributed by atoms with van der Waals surface area (Å²) in [5.74, 6) is 0.919. The van der Waals surface area contributed by atoms with Crippen LogP contribution in [0.3, 0.4) is 0 Å². The van der Waals surface area contributed by atoms with Crippen LogP contribution in [0, 0.1) is 11.3 Å². The summed E-state index contributed by atoms with van der Waals surface area (Å²) in [5.41, 5.74) is 1.29. The quantitative estimate of drug-likeness (QED) is 0.904. The lowest BCUT2D eigenvalue weighted by molar-refractivity contribution is 0.465. The SMILES string of the molecule is CC(C)n1ncc(NCC2(C3CC3)CC2)c(Br)c1=O. The van der Waals surface area contributed by atoms with Crippen LogP contribution in [-0.2, 0) is 0 Å². The average molecular weight is 326 g/mol. The second kappa shape index (κ2) is 4.62. The van der Waals surface area contributed by atoms with E-state index in [2.05, 4.69) is 26.3 Å². The number of anilines is 1. The summed E-state index contributed by atoms with van der Waals surface area (Å²) in [6.45, 7) is 4.89. The van der Waals surface area contributed by atoms with Crippen LogP contribution >= 0.6 is 15.9 Å². The van der Waals surface area contributed by atoms with Gasteiger partial charge in [-0.25, -0.2) is 4.68 Å². The number of halogens is 1. The fraction of sp³-hybridized carbons (Fsp3) is 0.714. The summed E-state index contributed by atoms with van der Waals surface area (Å²) in [7, 11) is 0. The number of rotatable bonds is 5. The third kappa shape index (κ3) is 2.45. The second-order valence-electron chi connectivity index (χ2n) is 6.21. The van der Waals surface area contributed by atoms with E-state index in [0.717, 1.165) is 18.2 Å². The zero-order chi connectivity index (χ0) is 13.6. The maximum atomic E-state index is 12.1. The van der Waals surface area contributed by atoms with Crippen molar-refractivity contribution >= 4 is 21.6 Å². The Kier molecular flexibility index (Phi) is 3.20. The molecule has 0 bridgehead atoms. The molecule has 2 saturated carbocycles. The van der Waals surface area contributed by atoms with Gasteiger partial charge in [0.15, 0.2) is 0 Å². The fourth-order valence-corrected chi connectivity index (χ4v) is 3.22. The molecular weight excluding hydrogens is 306 g/mol. The van der Waals surface area contributed by atoms with Crippen molar-refractivity contribution in [3.8, 4) is 0 Å². The number of hydrogen-bond donors (Lipinski definition) is 1. The first-order valence-electron chi connectivity index (χ1n) is 7.05. The predicted octanol–water partition coefficient (Wildman–Crippen LogP) is 3.19. The molecule has 1 heterocycles. The lowest BCUT2D eigenvalue weighted by Crippen LogP contribution is -2.27. The van der Waals surface area contributed by atoms with E-state index < -0.39 is 0 Å². The van der Waals surface area contributed by atoms with Gasteiger partial charge >= 0.3 is 0 Å². The molecule has 0 atom stereocenters. The molecule has 0 unspecified atom stereocenters. The lowest BCUT2D eigenvalue weighted by Gasteiger charge is -2.17. The molecule has 5 heteroatoms. The molecule has 0 saturated heterocycles. The van der Waals surface area contributed by atoms with Crippen molar-refractivity contribution in [1.29, 1.82) is 0 Å². The maximum Gasteiger partial charge on any atom is 0.283 e. The Balaban J connectivity index is 1.75. The molecule has 2 fully saturated rings. The summed E-state index contributed by atoms with van der Waals surface area (Å²) in [4.78, 5) is 12.1. The fourth-order valence-electron chi connectivity index (χ4n) is 2.79. The minimum atomic E-state index is -0.0590. The molecule has 1 aromatic heterocycles. The Bertz CT molecular complexity index is 544. The zero-order valence-electron chi connectivity index (χ0n) is 11.4. The van der Waals surface area contributed by atoms with Crippen LogP contribution in [0.5, 0.6) is 0 Å². The van der Waals surface area contributed by atoms with Crippen molar-refractivity contribution in [2.75, 3.05) is 11.9 Å². The highest BCUT2D eigenvalue weighted by atomic mass is 79.9. The highest BCUT2D eigenvalue weighted by Crippen LogP contribution is 2.61. The lowest BCUT2D eigenvalue weighted by atomic mass is 10.0. The number of nitrogens with one attached hydrogen (secondary N) is 1. The molecule has 4 nitrogen and oxygen atoms in total. The van der Waals surface area contributed by atoms with Gasteiger partial charge in [-0.15, -0.1) is 0 Å². The molecule has 0 aliphatic heterocycles. The van der Waals surface area contributed by atoms with Gasteiger partial charge in [-0.1, -0.05) is 0 Å². The van der Waals surface area contributed by atoms with E-state index in [9.17, 15) is 4.79 Å². The molecule has 3 rings (SSSR count). The summed E-state index contributed by atoms with van der Waals surface area (Å²) in [6.07, 6.45) is 7.19. The number of hydrogen-bond acceptors (Lipinski definition) is 3. The summed E-state index contributed by atoms with van der Waals surface area (Å²) in [5, 5.41) is 7.65. The molecule has 104 valence electrons. The topological polar surface area (TPSA) is 46.9 Å². The van der Waals surface area contributed by atoms with Gasteiger partial charge < -0.3 is 5.32 Å². The van der Waals surface area contributed by atoms with Crippen molar-refractivity contribution in [2.24, 2.45) is 11.3 Å². The van der Waals surface area contributed by atoms with Crippen LogP contribution < -0.4 is 10.9 Å². The third-order valence-corrected chi connectivity index (χ3v) is 5.17. The van der Waals surface area contributed by atoms with Crippen LogP contribution in [0.25, 0.3) is 0 Å². The standard InChI is InChI=1S/C14H20BrN3O/c1-9(2)18-13(19)12(15)11(7-17-18)16-8-14(5-6-14)10-3-4-10/h7,9-10,16H,3-6,8H2,1-2H3. The summed E-state index contributed by atoms with van der Waals surface area (Å²) in [6, 6.07) is 0.0825. The monoisotopic (exact) mass is 325 g/mol. The molecule has 0 radical (unpaired) electrons. The average Bonchev–Trinajstić information content (AvgIpc) is 3.24. The van der Waals surface area contributed by atoms with Crippen LogP contribution in [0.15, 0.2) is 15.5 Å². The second-order valence-corrected chi connectivity index (χ2v) is 7.00. The first-order chi connectivity index (χ1) is 9.03. The van der Waals surface area contributed by atoms with Crippen LogP contribution in [0.1, 0.15) is 45.6 Å². The smallest absolute Gasteiger partial charge is 0.283 e. The van der Waals surface area contributed by atoms with Crippen molar-refractivity contribution in [3.05, 3.63) is 21.0 Å². The Morgan fingerprint density at radius 3 is 2.74 bits per heavy atom. The van der Waals surface area contributed by atoms with Crippen LogP contribution in [-0.4, -0.2) is 16.3 Å². The van der Waals surface area contributed by atoms with E-state index in [1.807, 2.05) is 13.8 Å². The predicted molar refractivity (Wildman–Crippen MR) is 79.5 cm³/mol. The van der Waals surface area contributed by atoms with Crippen LogP contribution in [0.4, 0.5) is 5.69 Å². The zero-order valence-corrected chi connectivity index (χ0v) is 13.0. The van der Waals surface area contributed by atoms with E-state index in [1.54, 1.807) is 6.20 Å². The molecule has 2 aliphatic rings. The summed E-state index contributed by atoms with van der Waals surface area (Å²) >= 11 is 3.40. The molecule has 19 heavy (non-hydrogen) atoms. The normalized spacial score (nSPS) is 20.6. The van der Waals surface area contributed by atoms with E-state index in [0.29, 0.717) is 9.89 Å². The van der Waals surface area contributed by atoms with Gasteiger partial charge in [-0.05, 0) is 66.8 Å². The van der Waals surface area contributed by atoms with Gasteiger partial charge in [0.1, 0.15) is 4.47 Å². The first-order valence-corrected chi connectivity index (χ1v) is 7.84. The van der Waals surface area contributed by atoms with E-state index in [4.69, 9.17) is 0 Å². The van der Waals surface area contributed by atoms with Crippen molar-refractivity contribution in [3.63, 3.8) is 0 Å². The Labute approximate surface area is 121 Å². The minimum Gasteiger partial charge on any atom is -0.382 e. The number of nitrogens with zero attached hydrogens (tertiary/aromatic N) is 2. The van der Waals surface area contributed by atoms with Gasteiger partial charge in [0, 0.05) is 6.54 Å². The minimum absolute atomic E-state index is 0.0590. The van der Waals surface area contributed by atoms with Gasteiger partial charge in [0.05, 0.1) is 17.9 Å². The third-order valence-electron chi connectivity index (χ3n) is 4.40. The molecule has 1 aromatic rings. The van der Waals surface area contributed by atoms with E-state index in [-0.39, 0.29) is 11.6 Å². The van der Waals surface area contributed by atoms with Crippen molar-refractivity contribution in [1.82, 2.24) is 9.78 Å². The largest absolute Gasteiger partial charge is 0.382 e. The van der Waals surface area contributed by atoms with Crippen molar-refractivity contribution < 1.29 is 0 Å². The molecule has 2 aliphatic carbocycles. The molecule has 0 aromatic carbocycles. The first kappa shape index (κ1) is 13.2. The Morgan fingerprint density at radius 1 is 1.53 bits per heavy atom. The van der Waals surface area contributed by atoms with Gasteiger partial charge in [-0.2, -0.15) is 5.10 Å². The number of aromatic nitrogens is 2.